The van der Waals surface area contributed by atoms with Gasteiger partial charge in [0.1, 0.15) is 0 Å². The summed E-state index contributed by atoms with van der Waals surface area (Å²) in [6.45, 7) is 0. The van der Waals surface area contributed by atoms with Gasteiger partial charge in [0.25, 0.3) is 0 Å². The third-order valence-electron chi connectivity index (χ3n) is 0. The van der Waals surface area contributed by atoms with Crippen molar-refractivity contribution in [1.29, 1.82) is 0 Å². The van der Waals surface area contributed by atoms with Crippen molar-refractivity contribution in [3.8, 4) is 0 Å². The zero-order valence-corrected chi connectivity index (χ0v) is 7.41. The standard InChI is InChI=1S/Be.H4O4Si.Y.2H/c;1-5(2,3)4;;;/h;1-4H;;;/q+2;;;2*-1. The summed E-state index contributed by atoms with van der Waals surface area (Å²) in [5.41, 5.74) is 0. The van der Waals surface area contributed by atoms with Crippen LogP contribution in [0.2, 0.25) is 0 Å². The Hall–Kier alpha value is 1.33. The van der Waals surface area contributed by atoms with Gasteiger partial charge in [0.05, 0.1) is 0 Å². The molecule has 0 aromatic rings. The normalized spacial score (nSPS) is 8.57. The van der Waals surface area contributed by atoms with Gasteiger partial charge in [0, 0.05) is 32.7 Å². The molecule has 0 heterocycles. The van der Waals surface area contributed by atoms with Gasteiger partial charge < -0.3 is 22.0 Å². The minimum absolute atomic E-state index is 0. The molecule has 7 heteroatoms. The molecular formula is H6BeO4SiY. The molecule has 0 unspecified atom stereocenters. The van der Waals surface area contributed by atoms with Gasteiger partial charge in [-0.05, 0) is 0 Å². The van der Waals surface area contributed by atoms with Crippen LogP contribution in [0.5, 0.6) is 0 Å². The van der Waals surface area contributed by atoms with Gasteiger partial charge in [-0.3, -0.25) is 0 Å². The topological polar surface area (TPSA) is 80.9 Å². The van der Waals surface area contributed by atoms with E-state index in [0.717, 1.165) is 0 Å². The van der Waals surface area contributed by atoms with Crippen LogP contribution in [0, 0.1) is 0 Å². The van der Waals surface area contributed by atoms with E-state index in [9.17, 15) is 0 Å². The van der Waals surface area contributed by atoms with Gasteiger partial charge >= 0.3 is 19.2 Å². The van der Waals surface area contributed by atoms with Gasteiger partial charge in [-0.15, -0.1) is 0 Å². The SMILES string of the molecule is O[Si](O)(O)O.[Be+2].[H-].[H-].[Y]. The fraction of sp³-hybridized carbons (Fsp3) is 0. The quantitative estimate of drug-likeness (QED) is 0.316. The van der Waals surface area contributed by atoms with Crippen molar-refractivity contribution in [2.45, 2.75) is 0 Å². The predicted molar refractivity (Wildman–Crippen MR) is 22.6 cm³/mol. The molecule has 39 valence electrons. The summed E-state index contributed by atoms with van der Waals surface area (Å²) in [7, 11) is -4.61. The van der Waals surface area contributed by atoms with Crippen molar-refractivity contribution in [3.63, 3.8) is 0 Å². The molecule has 4 N–H and O–H groups in total. The van der Waals surface area contributed by atoms with Gasteiger partial charge in [-0.1, -0.05) is 0 Å². The third-order valence-corrected chi connectivity index (χ3v) is 0. The maximum atomic E-state index is 7.33. The first-order valence-corrected chi connectivity index (χ1v) is 2.68. The second-order valence-electron chi connectivity index (χ2n) is 0.600. The maximum absolute atomic E-state index is 7.33. The summed E-state index contributed by atoms with van der Waals surface area (Å²) in [5.74, 6) is 0. The molecule has 0 saturated heterocycles. The Bertz CT molecular complexity index is 34.0. The maximum Gasteiger partial charge on any atom is 2.00 e. The summed E-state index contributed by atoms with van der Waals surface area (Å²) in [5, 5.41) is 0. The molecule has 0 fully saturated rings. The molecular weight excluding hydrogens is 190 g/mol. The Morgan fingerprint density at radius 1 is 1.00 bits per heavy atom. The van der Waals surface area contributed by atoms with E-state index >= 15 is 0 Å². The summed E-state index contributed by atoms with van der Waals surface area (Å²) in [4.78, 5) is 29.3. The van der Waals surface area contributed by atoms with Gasteiger partial charge in [-0.25, -0.2) is 0 Å². The van der Waals surface area contributed by atoms with Gasteiger partial charge in [0.2, 0.25) is 0 Å². The zero-order valence-electron chi connectivity index (χ0n) is 5.57. The van der Waals surface area contributed by atoms with E-state index in [2.05, 4.69) is 0 Å². The molecule has 0 bridgehead atoms. The minimum Gasteiger partial charge on any atom is -1.00 e. The molecule has 0 aromatic heterocycles. The number of rotatable bonds is 0. The van der Waals surface area contributed by atoms with E-state index < -0.39 is 9.05 Å². The van der Waals surface area contributed by atoms with Crippen LogP contribution in [0.4, 0.5) is 0 Å². The average molecular weight is 196 g/mol. The van der Waals surface area contributed by atoms with Crippen LogP contribution in [0.1, 0.15) is 2.85 Å². The van der Waals surface area contributed by atoms with Gasteiger partial charge in [0.15, 0.2) is 0 Å². The van der Waals surface area contributed by atoms with Crippen LogP contribution in [-0.2, 0) is 32.7 Å². The number of hydrogen-bond donors (Lipinski definition) is 4. The molecule has 4 nitrogen and oxygen atoms in total. The summed E-state index contributed by atoms with van der Waals surface area (Å²) in [6, 6.07) is 0. The van der Waals surface area contributed by atoms with E-state index in [-0.39, 0.29) is 45.7 Å². The van der Waals surface area contributed by atoms with Crippen molar-refractivity contribution in [3.05, 3.63) is 0 Å². The predicted octanol–water partition coefficient (Wildman–Crippen LogP) is -2.77. The van der Waals surface area contributed by atoms with Crippen LogP contribution in [0.15, 0.2) is 0 Å². The van der Waals surface area contributed by atoms with Crippen LogP contribution >= 0.6 is 0 Å². The minimum atomic E-state index is -4.61. The Kier molecular flexibility index (Phi) is 12.3. The second kappa shape index (κ2) is 5.47. The fourth-order valence-corrected chi connectivity index (χ4v) is 0. The summed E-state index contributed by atoms with van der Waals surface area (Å²) >= 11 is 0. The van der Waals surface area contributed by atoms with Crippen LogP contribution < -0.4 is 0 Å². The van der Waals surface area contributed by atoms with E-state index in [1.165, 1.54) is 0 Å². The first kappa shape index (κ1) is 15.8. The van der Waals surface area contributed by atoms with E-state index in [1.54, 1.807) is 0 Å². The van der Waals surface area contributed by atoms with Gasteiger partial charge in [-0.2, -0.15) is 0 Å². The Morgan fingerprint density at radius 2 is 1.00 bits per heavy atom. The first-order valence-electron chi connectivity index (χ1n) is 0.894. The van der Waals surface area contributed by atoms with Crippen LogP contribution in [0.3, 0.4) is 0 Å². The van der Waals surface area contributed by atoms with Crippen molar-refractivity contribution in [2.75, 3.05) is 0 Å². The third kappa shape index (κ3) is 118. The monoisotopic (exact) mass is 196 g/mol. The zero-order chi connectivity index (χ0) is 4.50. The van der Waals surface area contributed by atoms with E-state index in [0.29, 0.717) is 0 Å². The van der Waals surface area contributed by atoms with E-state index in [1.807, 2.05) is 0 Å². The molecule has 0 atom stereocenters. The average Bonchev–Trinajstić information content (AvgIpc) is 0.722. The first-order chi connectivity index (χ1) is 2.00. The summed E-state index contributed by atoms with van der Waals surface area (Å²) in [6.07, 6.45) is 0. The molecule has 7 heavy (non-hydrogen) atoms. The van der Waals surface area contributed by atoms with Crippen LogP contribution in [-0.4, -0.2) is 38.4 Å². The second-order valence-corrected chi connectivity index (χ2v) is 1.80. The van der Waals surface area contributed by atoms with Crippen LogP contribution in [0.25, 0.3) is 0 Å². The molecule has 0 aliphatic heterocycles. The van der Waals surface area contributed by atoms with Crippen molar-refractivity contribution >= 4 is 19.2 Å². The molecule has 1 radical (unpaired) electrons. The molecule has 0 aromatic carbocycles. The van der Waals surface area contributed by atoms with Crippen molar-refractivity contribution in [1.82, 2.24) is 0 Å². The molecule has 0 spiro atoms. The molecule has 0 saturated carbocycles. The largest absolute Gasteiger partial charge is 2.00 e. The Balaban J connectivity index is -0.0000000133. The number of hydrogen-bond acceptors (Lipinski definition) is 4. The Morgan fingerprint density at radius 3 is 1.00 bits per heavy atom. The molecule has 0 aliphatic carbocycles. The summed E-state index contributed by atoms with van der Waals surface area (Å²) < 4.78 is 0. The molecule has 0 amide bonds. The Labute approximate surface area is 73.7 Å². The molecule has 0 aliphatic rings. The molecule has 0 rings (SSSR count). The smallest absolute Gasteiger partial charge is 1.00 e. The van der Waals surface area contributed by atoms with Crippen molar-refractivity contribution < 1.29 is 54.7 Å². The van der Waals surface area contributed by atoms with Crippen molar-refractivity contribution in [2.24, 2.45) is 0 Å². The van der Waals surface area contributed by atoms with E-state index in [4.69, 9.17) is 19.2 Å². The fourth-order valence-electron chi connectivity index (χ4n) is 0.